The molecule has 7 heteroatoms. The fourth-order valence-electron chi connectivity index (χ4n) is 3.77. The molecule has 0 unspecified atom stereocenters. The third-order valence-corrected chi connectivity index (χ3v) is 5.59. The normalized spacial score (nSPS) is 15.0. The Labute approximate surface area is 182 Å². The number of carbonyl (C=O) groups excluding carboxylic acids is 2. The predicted octanol–water partition coefficient (Wildman–Crippen LogP) is 5.13. The Hall–Kier alpha value is -2.96. The molecule has 0 bridgehead atoms. The number of amides is 3. The zero-order valence-corrected chi connectivity index (χ0v) is 18.4. The van der Waals surface area contributed by atoms with Crippen molar-refractivity contribution in [1.82, 2.24) is 9.80 Å². The molecule has 0 saturated carbocycles. The molecule has 1 heterocycles. The molecule has 1 saturated heterocycles. The van der Waals surface area contributed by atoms with Crippen molar-refractivity contribution in [2.75, 3.05) is 25.5 Å². The largest absolute Gasteiger partial charge is 0.342 e. The Bertz CT molecular complexity index is 926. The monoisotopic (exact) mass is 429 g/mol. The van der Waals surface area contributed by atoms with Crippen LogP contribution in [0.1, 0.15) is 33.6 Å². The summed E-state index contributed by atoms with van der Waals surface area (Å²) in [4.78, 5) is 28.6. The minimum absolute atomic E-state index is 0.0542. The van der Waals surface area contributed by atoms with Crippen LogP contribution in [0.5, 0.6) is 0 Å². The van der Waals surface area contributed by atoms with Crippen LogP contribution in [0.15, 0.2) is 42.5 Å². The molecule has 0 aliphatic carbocycles. The van der Waals surface area contributed by atoms with E-state index in [-0.39, 0.29) is 18.0 Å². The molecule has 1 aliphatic rings. The van der Waals surface area contributed by atoms with Gasteiger partial charge in [0.25, 0.3) is 0 Å². The van der Waals surface area contributed by atoms with Gasteiger partial charge in [-0.15, -0.1) is 0 Å². The number of nitrogens with one attached hydrogen (secondary N) is 1. The second-order valence-electron chi connectivity index (χ2n) is 9.05. The first-order valence-corrected chi connectivity index (χ1v) is 10.4. The van der Waals surface area contributed by atoms with E-state index in [0.29, 0.717) is 29.9 Å². The molecule has 1 aliphatic heterocycles. The molecule has 0 radical (unpaired) electrons. The Balaban J connectivity index is 1.57. The van der Waals surface area contributed by atoms with Gasteiger partial charge in [-0.3, -0.25) is 4.79 Å². The summed E-state index contributed by atoms with van der Waals surface area (Å²) in [6, 6.07) is 10.0. The lowest BCUT2D eigenvalue weighted by Gasteiger charge is -2.38. The Morgan fingerprint density at radius 3 is 2.03 bits per heavy atom. The van der Waals surface area contributed by atoms with Crippen LogP contribution in [0, 0.1) is 17.0 Å². The number of urea groups is 1. The van der Waals surface area contributed by atoms with Crippen LogP contribution in [0.3, 0.4) is 0 Å². The van der Waals surface area contributed by atoms with Crippen molar-refractivity contribution >= 4 is 17.6 Å². The fraction of sp³-hybridized carbons (Fsp3) is 0.417. The van der Waals surface area contributed by atoms with E-state index in [9.17, 15) is 18.4 Å². The van der Waals surface area contributed by atoms with Crippen molar-refractivity contribution in [3.63, 3.8) is 0 Å². The number of anilines is 1. The van der Waals surface area contributed by atoms with Gasteiger partial charge < -0.3 is 15.1 Å². The summed E-state index contributed by atoms with van der Waals surface area (Å²) in [5.41, 5.74) is 1.28. The smallest absolute Gasteiger partial charge is 0.321 e. The Morgan fingerprint density at radius 1 is 0.968 bits per heavy atom. The highest BCUT2D eigenvalue weighted by Gasteiger charge is 2.32. The van der Waals surface area contributed by atoms with Crippen molar-refractivity contribution < 1.29 is 18.4 Å². The number of hydrogen-bond acceptors (Lipinski definition) is 2. The third-order valence-electron chi connectivity index (χ3n) is 5.59. The lowest BCUT2D eigenvalue weighted by Crippen LogP contribution is -2.50. The van der Waals surface area contributed by atoms with Crippen molar-refractivity contribution in [3.05, 3.63) is 54.1 Å². The number of nitrogens with zero attached hydrogens (tertiary/aromatic N) is 2. The summed E-state index contributed by atoms with van der Waals surface area (Å²) in [5.74, 6) is -1.13. The topological polar surface area (TPSA) is 52.7 Å². The van der Waals surface area contributed by atoms with Crippen LogP contribution in [-0.4, -0.2) is 47.9 Å². The molecule has 2 aromatic rings. The average Bonchev–Trinajstić information content (AvgIpc) is 2.72. The predicted molar refractivity (Wildman–Crippen MR) is 118 cm³/mol. The number of carbonyl (C=O) groups is 2. The minimum Gasteiger partial charge on any atom is -0.342 e. The van der Waals surface area contributed by atoms with Crippen LogP contribution in [0.4, 0.5) is 19.3 Å². The summed E-state index contributed by atoms with van der Waals surface area (Å²) < 4.78 is 26.9. The first-order valence-electron chi connectivity index (χ1n) is 10.4. The van der Waals surface area contributed by atoms with Gasteiger partial charge in [0.1, 0.15) is 11.6 Å². The van der Waals surface area contributed by atoms with Crippen molar-refractivity contribution in [2.24, 2.45) is 5.41 Å². The Kier molecular flexibility index (Phi) is 6.62. The van der Waals surface area contributed by atoms with Gasteiger partial charge in [-0.25, -0.2) is 13.6 Å². The summed E-state index contributed by atoms with van der Waals surface area (Å²) >= 11 is 0. The highest BCUT2D eigenvalue weighted by molar-refractivity contribution is 5.89. The van der Waals surface area contributed by atoms with Gasteiger partial charge in [-0.05, 0) is 48.2 Å². The molecule has 2 aromatic carbocycles. The molecule has 1 N–H and O–H groups in total. The highest BCUT2D eigenvalue weighted by atomic mass is 19.1. The summed E-state index contributed by atoms with van der Waals surface area (Å²) in [5, 5.41) is 2.86. The molecule has 31 heavy (non-hydrogen) atoms. The Morgan fingerprint density at radius 2 is 1.52 bits per heavy atom. The van der Waals surface area contributed by atoms with Crippen LogP contribution in [0.25, 0.3) is 11.1 Å². The zero-order valence-electron chi connectivity index (χ0n) is 18.4. The lowest BCUT2D eigenvalue weighted by molar-refractivity contribution is -0.140. The molecule has 3 rings (SSSR count). The summed E-state index contributed by atoms with van der Waals surface area (Å²) in [6.07, 6.45) is 1.46. The van der Waals surface area contributed by atoms with Crippen molar-refractivity contribution in [1.29, 1.82) is 0 Å². The molecule has 1 fully saturated rings. The second-order valence-corrected chi connectivity index (χ2v) is 9.05. The van der Waals surface area contributed by atoms with Crippen LogP contribution in [0.2, 0.25) is 0 Å². The number of piperidine rings is 1. The van der Waals surface area contributed by atoms with E-state index in [1.54, 1.807) is 36.2 Å². The molecule has 5 nitrogen and oxygen atoms in total. The molecule has 0 atom stereocenters. The van der Waals surface area contributed by atoms with E-state index in [4.69, 9.17) is 0 Å². The first kappa shape index (κ1) is 22.7. The van der Waals surface area contributed by atoms with E-state index in [0.717, 1.165) is 18.9 Å². The zero-order chi connectivity index (χ0) is 22.8. The lowest BCUT2D eigenvalue weighted by atomic mass is 9.93. The van der Waals surface area contributed by atoms with E-state index in [1.165, 1.54) is 12.1 Å². The van der Waals surface area contributed by atoms with Gasteiger partial charge >= 0.3 is 6.03 Å². The quantitative estimate of drug-likeness (QED) is 0.735. The molecule has 0 spiro atoms. The summed E-state index contributed by atoms with van der Waals surface area (Å²) in [6.45, 7) is 7.01. The molecular weight excluding hydrogens is 400 g/mol. The van der Waals surface area contributed by atoms with E-state index < -0.39 is 17.0 Å². The maximum absolute atomic E-state index is 13.4. The van der Waals surface area contributed by atoms with Crippen molar-refractivity contribution in [3.8, 4) is 11.1 Å². The van der Waals surface area contributed by atoms with Gasteiger partial charge in [0.2, 0.25) is 5.91 Å². The number of rotatable bonds is 3. The summed E-state index contributed by atoms with van der Waals surface area (Å²) in [7, 11) is 1.76. The van der Waals surface area contributed by atoms with Crippen molar-refractivity contribution in [2.45, 2.75) is 39.7 Å². The van der Waals surface area contributed by atoms with Gasteiger partial charge in [0.05, 0.1) is 0 Å². The molecule has 3 amide bonds. The maximum atomic E-state index is 13.4. The fourth-order valence-corrected chi connectivity index (χ4v) is 3.77. The van der Waals surface area contributed by atoms with Gasteiger partial charge in [0.15, 0.2) is 0 Å². The third kappa shape index (κ3) is 5.60. The van der Waals surface area contributed by atoms with Crippen LogP contribution < -0.4 is 5.32 Å². The van der Waals surface area contributed by atoms with E-state index >= 15 is 0 Å². The average molecular weight is 430 g/mol. The second kappa shape index (κ2) is 9.04. The van der Waals surface area contributed by atoms with Crippen LogP contribution >= 0.6 is 0 Å². The minimum atomic E-state index is -0.635. The number of likely N-dealkylation sites (tertiary alicyclic amines) is 1. The molecular formula is C24H29F2N3O2. The first-order chi connectivity index (χ1) is 14.5. The van der Waals surface area contributed by atoms with Gasteiger partial charge in [0, 0.05) is 43.3 Å². The van der Waals surface area contributed by atoms with Crippen LogP contribution in [-0.2, 0) is 4.79 Å². The van der Waals surface area contributed by atoms with Gasteiger partial charge in [-0.2, -0.15) is 0 Å². The van der Waals surface area contributed by atoms with Gasteiger partial charge in [-0.1, -0.05) is 32.9 Å². The molecule has 166 valence electrons. The SMILES string of the molecule is CN(C(=O)Nc1ccc(-c2cc(F)cc(F)c2)cc1)C1CCN(C(=O)C(C)(C)C)CC1. The number of hydrogen-bond donors (Lipinski definition) is 1. The van der Waals surface area contributed by atoms with E-state index in [1.807, 2.05) is 25.7 Å². The highest BCUT2D eigenvalue weighted by Crippen LogP contribution is 2.25. The molecule has 0 aromatic heterocycles. The number of benzene rings is 2. The number of halogens is 2. The van der Waals surface area contributed by atoms with E-state index in [2.05, 4.69) is 5.32 Å². The standard InChI is InChI=1S/C24H29F2N3O2/c1-24(2,3)22(30)29-11-9-21(10-12-29)28(4)23(31)27-20-7-5-16(6-8-20)17-13-18(25)15-19(26)14-17/h5-8,13-15,21H,9-12H2,1-4H3,(H,27,31). The maximum Gasteiger partial charge on any atom is 0.321 e.